The first-order valence-corrected chi connectivity index (χ1v) is 8.71. The van der Waals surface area contributed by atoms with Gasteiger partial charge in [0.25, 0.3) is 0 Å². The number of nitrogens with zero attached hydrogens (tertiary/aromatic N) is 5. The summed E-state index contributed by atoms with van der Waals surface area (Å²) in [6.45, 7) is 3.27. The molecule has 0 aromatic carbocycles. The minimum atomic E-state index is -0.428. The first kappa shape index (κ1) is 17.8. The van der Waals surface area contributed by atoms with Crippen LogP contribution in [0.2, 0.25) is 0 Å². The van der Waals surface area contributed by atoms with E-state index in [0.717, 1.165) is 25.2 Å². The van der Waals surface area contributed by atoms with Crippen LogP contribution in [0.3, 0.4) is 0 Å². The van der Waals surface area contributed by atoms with Crippen LogP contribution in [0.15, 0.2) is 6.33 Å². The zero-order chi connectivity index (χ0) is 17.8. The van der Waals surface area contributed by atoms with Gasteiger partial charge in [-0.1, -0.05) is 0 Å². The fourth-order valence-electron chi connectivity index (χ4n) is 3.63. The number of likely N-dealkylation sites (N-methyl/N-ethyl adjacent to an activating group) is 1. The summed E-state index contributed by atoms with van der Waals surface area (Å²) in [6.07, 6.45) is 3.23. The number of carbonyl (C=O) groups is 2. The van der Waals surface area contributed by atoms with E-state index in [2.05, 4.69) is 20.1 Å². The lowest BCUT2D eigenvalue weighted by atomic mass is 9.95. The lowest BCUT2D eigenvalue weighted by Crippen LogP contribution is -2.61. The molecule has 3 rings (SSSR count). The first-order chi connectivity index (χ1) is 12.1. The van der Waals surface area contributed by atoms with Crippen molar-refractivity contribution in [3.05, 3.63) is 12.2 Å². The number of amides is 2. The smallest absolute Gasteiger partial charge is 0.249 e. The number of aromatic amines is 1. The second kappa shape index (κ2) is 7.92. The van der Waals surface area contributed by atoms with Gasteiger partial charge < -0.3 is 19.4 Å². The van der Waals surface area contributed by atoms with E-state index in [0.29, 0.717) is 32.1 Å². The topological polar surface area (TPSA) is 94.7 Å². The zero-order valence-electron chi connectivity index (χ0n) is 14.8. The Hall–Kier alpha value is -2.00. The van der Waals surface area contributed by atoms with Gasteiger partial charge in [0.05, 0.1) is 0 Å². The Balaban J connectivity index is 1.63. The molecule has 1 aromatic heterocycles. The van der Waals surface area contributed by atoms with Crippen molar-refractivity contribution in [1.82, 2.24) is 29.9 Å². The van der Waals surface area contributed by atoms with Gasteiger partial charge in [-0.2, -0.15) is 5.10 Å². The highest BCUT2D eigenvalue weighted by Crippen LogP contribution is 2.26. The van der Waals surface area contributed by atoms with Crippen molar-refractivity contribution in [3.8, 4) is 0 Å². The second-order valence-electron chi connectivity index (χ2n) is 6.77. The molecule has 0 bridgehead atoms. The van der Waals surface area contributed by atoms with Crippen LogP contribution < -0.4 is 0 Å². The summed E-state index contributed by atoms with van der Waals surface area (Å²) in [4.78, 5) is 35.2. The quantitative estimate of drug-likeness (QED) is 0.772. The summed E-state index contributed by atoms with van der Waals surface area (Å²) >= 11 is 0. The van der Waals surface area contributed by atoms with Gasteiger partial charge >= 0.3 is 0 Å². The lowest BCUT2D eigenvalue weighted by Gasteiger charge is -2.42. The number of piperidine rings is 1. The van der Waals surface area contributed by atoms with Crippen molar-refractivity contribution in [2.75, 3.05) is 53.5 Å². The van der Waals surface area contributed by atoms with E-state index >= 15 is 0 Å². The normalized spacial score (nSPS) is 23.0. The molecule has 0 unspecified atom stereocenters. The van der Waals surface area contributed by atoms with Crippen molar-refractivity contribution in [1.29, 1.82) is 0 Å². The molecule has 1 aromatic rings. The number of ether oxygens (including phenoxy) is 1. The molecule has 25 heavy (non-hydrogen) atoms. The molecule has 0 radical (unpaired) electrons. The number of carbonyl (C=O) groups excluding carboxylic acids is 2. The van der Waals surface area contributed by atoms with Crippen molar-refractivity contribution in [2.24, 2.45) is 0 Å². The molecule has 0 saturated carbocycles. The Labute approximate surface area is 147 Å². The monoisotopic (exact) mass is 350 g/mol. The second-order valence-corrected chi connectivity index (χ2v) is 6.77. The number of hydrogen-bond acceptors (Lipinski definition) is 6. The molecule has 9 nitrogen and oxygen atoms in total. The Bertz CT molecular complexity index is 585. The fourth-order valence-corrected chi connectivity index (χ4v) is 3.63. The fraction of sp³-hybridized carbons (Fsp3) is 0.750. The van der Waals surface area contributed by atoms with Crippen molar-refractivity contribution in [3.63, 3.8) is 0 Å². The van der Waals surface area contributed by atoms with E-state index in [1.165, 1.54) is 13.4 Å². The first-order valence-electron chi connectivity index (χ1n) is 8.71. The molecule has 2 aliphatic heterocycles. The number of nitrogens with one attached hydrogen (secondary N) is 1. The molecule has 2 saturated heterocycles. The Morgan fingerprint density at radius 2 is 2.04 bits per heavy atom. The van der Waals surface area contributed by atoms with Gasteiger partial charge in [0.1, 0.15) is 24.8 Å². The van der Waals surface area contributed by atoms with E-state index in [1.54, 1.807) is 4.90 Å². The van der Waals surface area contributed by atoms with Crippen LogP contribution in [-0.2, 0) is 14.3 Å². The van der Waals surface area contributed by atoms with E-state index in [-0.39, 0.29) is 18.4 Å². The molecule has 138 valence electrons. The van der Waals surface area contributed by atoms with Gasteiger partial charge in [-0.15, -0.1) is 0 Å². The summed E-state index contributed by atoms with van der Waals surface area (Å²) in [6, 6.07) is -0.428. The van der Waals surface area contributed by atoms with Crippen LogP contribution in [0.1, 0.15) is 24.6 Å². The molecular weight excluding hydrogens is 324 g/mol. The Morgan fingerprint density at radius 1 is 1.28 bits per heavy atom. The largest absolute Gasteiger partial charge is 0.375 e. The number of methoxy groups -OCH3 is 1. The SMILES string of the molecule is COCC(=O)N1CCN(C)C[C@H]1C(=O)N1CCC(c2ncn[nH]2)CC1. The predicted octanol–water partition coefficient (Wildman–Crippen LogP) is -0.700. The molecule has 0 aliphatic carbocycles. The standard InChI is InChI=1S/C16H26N6O3/c1-20-7-8-22(14(23)10-25-2)13(9-20)16(24)21-5-3-12(4-6-21)15-17-11-18-19-15/h11-13H,3-10H2,1-2H3,(H,17,18,19)/t13-/m0/s1. The molecule has 1 atom stereocenters. The van der Waals surface area contributed by atoms with Gasteiger partial charge in [-0.3, -0.25) is 14.7 Å². The van der Waals surface area contributed by atoms with Gasteiger partial charge in [-0.25, -0.2) is 4.98 Å². The summed E-state index contributed by atoms with van der Waals surface area (Å²) in [7, 11) is 3.48. The van der Waals surface area contributed by atoms with Crippen LogP contribution in [0.5, 0.6) is 0 Å². The molecule has 2 aliphatic rings. The summed E-state index contributed by atoms with van der Waals surface area (Å²) in [5, 5.41) is 6.82. The highest BCUT2D eigenvalue weighted by atomic mass is 16.5. The summed E-state index contributed by atoms with van der Waals surface area (Å²) in [5.41, 5.74) is 0. The van der Waals surface area contributed by atoms with E-state index in [4.69, 9.17) is 4.74 Å². The minimum absolute atomic E-state index is 0.0149. The third-order valence-corrected chi connectivity index (χ3v) is 5.08. The number of H-pyrrole nitrogens is 1. The van der Waals surface area contributed by atoms with Crippen LogP contribution >= 0.6 is 0 Å². The summed E-state index contributed by atoms with van der Waals surface area (Å²) in [5.74, 6) is 1.12. The molecule has 2 fully saturated rings. The highest BCUT2D eigenvalue weighted by molar-refractivity contribution is 5.88. The summed E-state index contributed by atoms with van der Waals surface area (Å²) < 4.78 is 4.97. The predicted molar refractivity (Wildman–Crippen MR) is 89.8 cm³/mol. The molecule has 1 N–H and O–H groups in total. The van der Waals surface area contributed by atoms with Crippen molar-refractivity contribution >= 4 is 11.8 Å². The number of hydrogen-bond donors (Lipinski definition) is 1. The van der Waals surface area contributed by atoms with Gasteiger partial charge in [0.15, 0.2) is 0 Å². The van der Waals surface area contributed by atoms with E-state index < -0.39 is 6.04 Å². The maximum absolute atomic E-state index is 13.0. The molecule has 2 amide bonds. The van der Waals surface area contributed by atoms with Gasteiger partial charge in [-0.05, 0) is 19.9 Å². The van der Waals surface area contributed by atoms with Gasteiger partial charge in [0, 0.05) is 45.8 Å². The zero-order valence-corrected chi connectivity index (χ0v) is 14.8. The molecular formula is C16H26N6O3. The maximum Gasteiger partial charge on any atom is 0.249 e. The Morgan fingerprint density at radius 3 is 2.68 bits per heavy atom. The van der Waals surface area contributed by atoms with Crippen molar-refractivity contribution < 1.29 is 14.3 Å². The number of piperazine rings is 1. The van der Waals surface area contributed by atoms with Gasteiger partial charge in [0.2, 0.25) is 11.8 Å². The van der Waals surface area contributed by atoms with E-state index in [9.17, 15) is 9.59 Å². The van der Waals surface area contributed by atoms with E-state index in [1.807, 2.05) is 11.9 Å². The number of likely N-dealkylation sites (tertiary alicyclic amines) is 1. The maximum atomic E-state index is 13.0. The third kappa shape index (κ3) is 3.98. The average Bonchev–Trinajstić information content (AvgIpc) is 3.16. The Kier molecular flexibility index (Phi) is 5.64. The third-order valence-electron chi connectivity index (χ3n) is 5.08. The highest BCUT2D eigenvalue weighted by Gasteiger charge is 2.37. The number of aromatic nitrogens is 3. The van der Waals surface area contributed by atoms with Crippen LogP contribution in [-0.4, -0.2) is 101 Å². The molecule has 3 heterocycles. The van der Waals surface area contributed by atoms with Crippen LogP contribution in [0.25, 0.3) is 0 Å². The number of rotatable bonds is 4. The van der Waals surface area contributed by atoms with Crippen LogP contribution in [0, 0.1) is 0 Å². The average molecular weight is 350 g/mol. The molecule has 0 spiro atoms. The lowest BCUT2D eigenvalue weighted by molar-refractivity contribution is -0.151. The van der Waals surface area contributed by atoms with Crippen LogP contribution in [0.4, 0.5) is 0 Å². The minimum Gasteiger partial charge on any atom is -0.375 e. The molecule has 9 heteroatoms. The van der Waals surface area contributed by atoms with Crippen molar-refractivity contribution in [2.45, 2.75) is 24.8 Å².